The minimum atomic E-state index is 0.762. The fourth-order valence-corrected chi connectivity index (χ4v) is 4.15. The molecule has 1 fully saturated rings. The van der Waals surface area contributed by atoms with Gasteiger partial charge in [0.1, 0.15) is 11.6 Å². The number of hydrogen-bond donors (Lipinski definition) is 0. The average Bonchev–Trinajstić information content (AvgIpc) is 3.31. The van der Waals surface area contributed by atoms with Crippen molar-refractivity contribution in [1.29, 1.82) is 0 Å². The summed E-state index contributed by atoms with van der Waals surface area (Å²) in [5.74, 6) is 2.21. The zero-order valence-corrected chi connectivity index (χ0v) is 17.2. The number of aromatic nitrogens is 2. The van der Waals surface area contributed by atoms with Crippen molar-refractivity contribution in [2.24, 2.45) is 0 Å². The number of nitrogens with zero attached hydrogens (tertiary/aromatic N) is 3. The van der Waals surface area contributed by atoms with Gasteiger partial charge in [-0.05, 0) is 76.4 Å². The highest BCUT2D eigenvalue weighted by Crippen LogP contribution is 2.21. The first-order valence-corrected chi connectivity index (χ1v) is 10.6. The Bertz CT molecular complexity index is 925. The molecule has 3 aromatic rings. The number of hydrogen-bond acceptors (Lipinski definition) is 3. The molecule has 2 heterocycles. The Kier molecular flexibility index (Phi) is 5.96. The third kappa shape index (κ3) is 4.39. The van der Waals surface area contributed by atoms with Crippen LogP contribution in [-0.4, -0.2) is 34.1 Å². The van der Waals surface area contributed by atoms with Gasteiger partial charge in [-0.15, -0.1) is 0 Å². The van der Waals surface area contributed by atoms with E-state index in [2.05, 4.69) is 65.8 Å². The Labute approximate surface area is 168 Å². The summed E-state index contributed by atoms with van der Waals surface area (Å²) in [6.07, 6.45) is 4.77. The highest BCUT2D eigenvalue weighted by molar-refractivity contribution is 5.75. The Morgan fingerprint density at radius 1 is 1.00 bits per heavy atom. The number of rotatable bonds is 8. The monoisotopic (exact) mass is 377 g/mol. The summed E-state index contributed by atoms with van der Waals surface area (Å²) in [6, 6.07) is 14.9. The smallest absolute Gasteiger partial charge is 0.124 e. The van der Waals surface area contributed by atoms with Crippen LogP contribution in [0.2, 0.25) is 0 Å². The van der Waals surface area contributed by atoms with Gasteiger partial charge < -0.3 is 9.30 Å². The minimum Gasteiger partial charge on any atom is -0.493 e. The normalized spacial score (nSPS) is 14.8. The van der Waals surface area contributed by atoms with Crippen LogP contribution in [0.5, 0.6) is 5.75 Å². The first-order valence-electron chi connectivity index (χ1n) is 10.6. The molecule has 0 bridgehead atoms. The van der Waals surface area contributed by atoms with E-state index in [-0.39, 0.29) is 0 Å². The molecular weight excluding hydrogens is 346 g/mol. The molecule has 1 saturated heterocycles. The first kappa shape index (κ1) is 19.0. The molecule has 0 amide bonds. The number of fused-ring (bicyclic) bond motifs is 1. The van der Waals surface area contributed by atoms with Crippen LogP contribution < -0.4 is 4.74 Å². The zero-order valence-electron chi connectivity index (χ0n) is 17.2. The lowest BCUT2D eigenvalue weighted by Gasteiger charge is -2.16. The molecule has 28 heavy (non-hydrogen) atoms. The van der Waals surface area contributed by atoms with E-state index >= 15 is 0 Å². The van der Waals surface area contributed by atoms with Gasteiger partial charge in [0.15, 0.2) is 0 Å². The number of aryl methyl sites for hydroxylation is 3. The molecule has 0 spiro atoms. The molecule has 0 unspecified atom stereocenters. The fraction of sp³-hybridized carbons (Fsp3) is 0.458. The second-order valence-corrected chi connectivity index (χ2v) is 7.98. The number of benzene rings is 2. The molecule has 4 heteroatoms. The van der Waals surface area contributed by atoms with Crippen LogP contribution in [0, 0.1) is 13.8 Å². The Hall–Kier alpha value is -2.33. The van der Waals surface area contributed by atoms with E-state index in [4.69, 9.17) is 9.72 Å². The largest absolute Gasteiger partial charge is 0.493 e. The fourth-order valence-electron chi connectivity index (χ4n) is 4.15. The predicted molar refractivity (Wildman–Crippen MR) is 115 cm³/mol. The summed E-state index contributed by atoms with van der Waals surface area (Å²) < 4.78 is 8.42. The molecule has 0 saturated carbocycles. The molecule has 148 valence electrons. The van der Waals surface area contributed by atoms with E-state index < -0.39 is 0 Å². The van der Waals surface area contributed by atoms with E-state index in [1.807, 2.05) is 0 Å². The standard InChI is InChI=1S/C24H31N3O/c1-19-11-12-23(20(2)17-19)28-16-8-7-15-27-22-10-4-3-9-21(22)25-24(27)18-26-13-5-6-14-26/h3-4,9-12,17H,5-8,13-16,18H2,1-2H3. The SMILES string of the molecule is Cc1ccc(OCCCCn2c(CN3CCCC3)nc3ccccc32)c(C)c1. The van der Waals surface area contributed by atoms with Crippen LogP contribution in [0.4, 0.5) is 0 Å². The molecule has 0 aliphatic carbocycles. The van der Waals surface area contributed by atoms with Gasteiger partial charge in [-0.2, -0.15) is 0 Å². The third-order valence-electron chi connectivity index (χ3n) is 5.66. The second-order valence-electron chi connectivity index (χ2n) is 7.98. The number of ether oxygens (including phenoxy) is 1. The molecule has 4 nitrogen and oxygen atoms in total. The molecule has 2 aromatic carbocycles. The number of unbranched alkanes of at least 4 members (excludes halogenated alkanes) is 1. The highest BCUT2D eigenvalue weighted by Gasteiger charge is 2.17. The summed E-state index contributed by atoms with van der Waals surface area (Å²) in [5.41, 5.74) is 4.87. The summed E-state index contributed by atoms with van der Waals surface area (Å²) >= 11 is 0. The van der Waals surface area contributed by atoms with Gasteiger partial charge in [0.2, 0.25) is 0 Å². The van der Waals surface area contributed by atoms with E-state index in [9.17, 15) is 0 Å². The lowest BCUT2D eigenvalue weighted by Crippen LogP contribution is -2.21. The zero-order chi connectivity index (χ0) is 19.3. The number of para-hydroxylation sites is 2. The van der Waals surface area contributed by atoms with Crippen molar-refractivity contribution < 1.29 is 4.74 Å². The topological polar surface area (TPSA) is 30.3 Å². The lowest BCUT2D eigenvalue weighted by molar-refractivity contribution is 0.297. The van der Waals surface area contributed by atoms with Crippen LogP contribution >= 0.6 is 0 Å². The maximum atomic E-state index is 6.00. The quantitative estimate of drug-likeness (QED) is 0.511. The van der Waals surface area contributed by atoms with Gasteiger partial charge in [0.25, 0.3) is 0 Å². The molecular formula is C24H31N3O. The minimum absolute atomic E-state index is 0.762. The second kappa shape index (κ2) is 8.78. The summed E-state index contributed by atoms with van der Waals surface area (Å²) in [5, 5.41) is 0. The number of imidazole rings is 1. The molecule has 1 aliphatic rings. The highest BCUT2D eigenvalue weighted by atomic mass is 16.5. The van der Waals surface area contributed by atoms with Crippen molar-refractivity contribution in [3.05, 3.63) is 59.4 Å². The Balaban J connectivity index is 1.36. The van der Waals surface area contributed by atoms with Crippen molar-refractivity contribution >= 4 is 11.0 Å². The molecule has 1 aliphatic heterocycles. The first-order chi connectivity index (χ1) is 13.7. The molecule has 0 atom stereocenters. The van der Waals surface area contributed by atoms with Crippen molar-refractivity contribution in [2.45, 2.75) is 52.6 Å². The van der Waals surface area contributed by atoms with Crippen LogP contribution in [-0.2, 0) is 13.1 Å². The van der Waals surface area contributed by atoms with E-state index in [1.165, 1.54) is 48.4 Å². The van der Waals surface area contributed by atoms with Gasteiger partial charge in [0.05, 0.1) is 24.2 Å². The summed E-state index contributed by atoms with van der Waals surface area (Å²) in [6.45, 7) is 9.36. The summed E-state index contributed by atoms with van der Waals surface area (Å²) in [7, 11) is 0. The Morgan fingerprint density at radius 2 is 1.82 bits per heavy atom. The number of likely N-dealkylation sites (tertiary alicyclic amines) is 1. The van der Waals surface area contributed by atoms with Crippen LogP contribution in [0.25, 0.3) is 11.0 Å². The molecule has 0 N–H and O–H groups in total. The van der Waals surface area contributed by atoms with Gasteiger partial charge in [-0.3, -0.25) is 4.90 Å². The van der Waals surface area contributed by atoms with Crippen molar-refractivity contribution in [2.75, 3.05) is 19.7 Å². The van der Waals surface area contributed by atoms with Crippen LogP contribution in [0.3, 0.4) is 0 Å². The van der Waals surface area contributed by atoms with Crippen LogP contribution in [0.15, 0.2) is 42.5 Å². The maximum Gasteiger partial charge on any atom is 0.124 e. The molecule has 4 rings (SSSR count). The van der Waals surface area contributed by atoms with Crippen molar-refractivity contribution in [3.63, 3.8) is 0 Å². The average molecular weight is 378 g/mol. The van der Waals surface area contributed by atoms with E-state index in [0.29, 0.717) is 0 Å². The van der Waals surface area contributed by atoms with Crippen molar-refractivity contribution in [1.82, 2.24) is 14.5 Å². The maximum absolute atomic E-state index is 6.00. The van der Waals surface area contributed by atoms with Crippen molar-refractivity contribution in [3.8, 4) is 5.75 Å². The van der Waals surface area contributed by atoms with E-state index in [1.54, 1.807) is 0 Å². The predicted octanol–water partition coefficient (Wildman–Crippen LogP) is 5.11. The van der Waals surface area contributed by atoms with E-state index in [0.717, 1.165) is 43.8 Å². The lowest BCUT2D eigenvalue weighted by atomic mass is 10.1. The van der Waals surface area contributed by atoms with Gasteiger partial charge in [-0.1, -0.05) is 29.8 Å². The summed E-state index contributed by atoms with van der Waals surface area (Å²) in [4.78, 5) is 7.46. The van der Waals surface area contributed by atoms with Gasteiger partial charge >= 0.3 is 0 Å². The van der Waals surface area contributed by atoms with Gasteiger partial charge in [0, 0.05) is 6.54 Å². The molecule has 0 radical (unpaired) electrons. The van der Waals surface area contributed by atoms with Crippen LogP contribution in [0.1, 0.15) is 42.6 Å². The third-order valence-corrected chi connectivity index (χ3v) is 5.66. The van der Waals surface area contributed by atoms with Gasteiger partial charge in [-0.25, -0.2) is 4.98 Å². The Morgan fingerprint density at radius 3 is 2.64 bits per heavy atom. The molecule has 1 aromatic heterocycles.